The molecule has 0 aromatic heterocycles. The number of rotatable bonds is 3. The van der Waals surface area contributed by atoms with E-state index in [1.165, 1.54) is 12.1 Å². The van der Waals surface area contributed by atoms with E-state index < -0.39 is 5.91 Å². The molecule has 0 spiro atoms. The number of nitrogens with two attached hydrogens (primary N) is 1. The van der Waals surface area contributed by atoms with Crippen LogP contribution in [0.2, 0.25) is 0 Å². The maximum atomic E-state index is 11.1. The average molecular weight is 205 g/mol. The molecule has 0 heterocycles. The second-order valence-corrected chi connectivity index (χ2v) is 3.16. The van der Waals surface area contributed by atoms with Crippen molar-refractivity contribution in [3.05, 3.63) is 23.8 Å². The van der Waals surface area contributed by atoms with E-state index >= 15 is 0 Å². The van der Waals surface area contributed by atoms with Gasteiger partial charge in [-0.1, -0.05) is 0 Å². The lowest BCUT2D eigenvalue weighted by Gasteiger charge is -2.15. The molecule has 0 saturated heterocycles. The molecular weight excluding hydrogens is 194 g/mol. The van der Waals surface area contributed by atoms with Crippen molar-refractivity contribution in [2.24, 2.45) is 10.7 Å². The summed E-state index contributed by atoms with van der Waals surface area (Å²) < 4.78 is 0. The summed E-state index contributed by atoms with van der Waals surface area (Å²) in [6.07, 6.45) is 1.41. The van der Waals surface area contributed by atoms with Gasteiger partial charge in [0.25, 0.3) is 5.91 Å². The van der Waals surface area contributed by atoms with Gasteiger partial charge in [-0.05, 0) is 18.2 Å². The topological polar surface area (TPSA) is 75.8 Å². The Hall–Kier alpha value is -2.13. The first-order valence-corrected chi connectivity index (χ1v) is 4.25. The monoisotopic (exact) mass is 205 g/mol. The van der Waals surface area contributed by atoms with Gasteiger partial charge >= 0.3 is 0 Å². The van der Waals surface area contributed by atoms with Crippen molar-refractivity contribution in [2.75, 3.05) is 19.0 Å². The number of carbonyl (C=O) groups excluding carboxylic acids is 2. The number of amides is 1. The summed E-state index contributed by atoms with van der Waals surface area (Å²) >= 11 is 0. The summed E-state index contributed by atoms with van der Waals surface area (Å²) in [6, 6.07) is 4.76. The van der Waals surface area contributed by atoms with Crippen molar-refractivity contribution in [1.82, 2.24) is 0 Å². The molecule has 0 fully saturated rings. The summed E-state index contributed by atoms with van der Waals surface area (Å²) in [7, 11) is 3.59. The number of hydrogen-bond donors (Lipinski definition) is 1. The maximum absolute atomic E-state index is 11.1. The number of hydrogen-bond acceptors (Lipinski definition) is 4. The van der Waals surface area contributed by atoms with E-state index in [0.29, 0.717) is 16.9 Å². The van der Waals surface area contributed by atoms with Gasteiger partial charge in [0.05, 0.1) is 11.3 Å². The molecule has 1 aromatic rings. The van der Waals surface area contributed by atoms with E-state index in [2.05, 4.69) is 4.99 Å². The Kier molecular flexibility index (Phi) is 3.21. The lowest BCUT2D eigenvalue weighted by molar-refractivity contribution is 0.100. The SMILES string of the molecule is CN(C)c1ccc(N=C=O)cc1C(N)=O. The van der Waals surface area contributed by atoms with Crippen LogP contribution >= 0.6 is 0 Å². The first kappa shape index (κ1) is 10.9. The molecule has 5 heteroatoms. The van der Waals surface area contributed by atoms with Gasteiger partial charge in [-0.3, -0.25) is 4.79 Å². The predicted octanol–water partition coefficient (Wildman–Crippen LogP) is 0.819. The van der Waals surface area contributed by atoms with Crippen LogP contribution in [0.5, 0.6) is 0 Å². The van der Waals surface area contributed by atoms with Gasteiger partial charge < -0.3 is 10.6 Å². The number of aliphatic imine (C=N–C) groups is 1. The van der Waals surface area contributed by atoms with E-state index in [9.17, 15) is 9.59 Å². The highest BCUT2D eigenvalue weighted by atomic mass is 16.1. The summed E-state index contributed by atoms with van der Waals surface area (Å²) in [6.45, 7) is 0. The van der Waals surface area contributed by atoms with Gasteiger partial charge in [0.2, 0.25) is 6.08 Å². The molecule has 0 unspecified atom stereocenters. The van der Waals surface area contributed by atoms with Crippen LogP contribution in [-0.4, -0.2) is 26.1 Å². The molecule has 0 bridgehead atoms. The summed E-state index contributed by atoms with van der Waals surface area (Å²) in [5.74, 6) is -0.554. The van der Waals surface area contributed by atoms with Crippen molar-refractivity contribution in [3.8, 4) is 0 Å². The average Bonchev–Trinajstić information content (AvgIpc) is 2.17. The highest BCUT2D eigenvalue weighted by Gasteiger charge is 2.10. The first-order chi connectivity index (χ1) is 7.06. The normalized spacial score (nSPS) is 9.20. The lowest BCUT2D eigenvalue weighted by atomic mass is 10.1. The Morgan fingerprint density at radius 2 is 2.13 bits per heavy atom. The zero-order chi connectivity index (χ0) is 11.4. The molecule has 5 nitrogen and oxygen atoms in total. The third-order valence-electron chi connectivity index (χ3n) is 1.90. The molecule has 0 aliphatic carbocycles. The fraction of sp³-hybridized carbons (Fsp3) is 0.200. The molecule has 15 heavy (non-hydrogen) atoms. The van der Waals surface area contributed by atoms with Crippen LogP contribution < -0.4 is 10.6 Å². The summed E-state index contributed by atoms with van der Waals surface area (Å²) in [4.78, 5) is 26.4. The van der Waals surface area contributed by atoms with E-state index in [-0.39, 0.29) is 0 Å². The van der Waals surface area contributed by atoms with Crippen LogP contribution in [0.3, 0.4) is 0 Å². The largest absolute Gasteiger partial charge is 0.377 e. The zero-order valence-electron chi connectivity index (χ0n) is 8.52. The lowest BCUT2D eigenvalue weighted by Crippen LogP contribution is -2.18. The molecule has 0 saturated carbocycles. The minimum absolute atomic E-state index is 0.330. The molecule has 0 aliphatic heterocycles. The number of nitrogens with zero attached hydrogens (tertiary/aromatic N) is 2. The smallest absolute Gasteiger partial charge is 0.250 e. The Balaban J connectivity index is 3.32. The number of anilines is 1. The van der Waals surface area contributed by atoms with Crippen LogP contribution in [0.25, 0.3) is 0 Å². The fourth-order valence-electron chi connectivity index (χ4n) is 1.23. The van der Waals surface area contributed by atoms with E-state index in [4.69, 9.17) is 5.73 Å². The van der Waals surface area contributed by atoms with Crippen molar-refractivity contribution in [2.45, 2.75) is 0 Å². The highest BCUT2D eigenvalue weighted by Crippen LogP contribution is 2.23. The second kappa shape index (κ2) is 4.39. The molecular formula is C10H11N3O2. The maximum Gasteiger partial charge on any atom is 0.250 e. The molecule has 0 radical (unpaired) electrons. The fourth-order valence-corrected chi connectivity index (χ4v) is 1.23. The minimum atomic E-state index is -0.554. The Bertz CT molecular complexity index is 434. The highest BCUT2D eigenvalue weighted by molar-refractivity contribution is 5.99. The summed E-state index contributed by atoms with van der Waals surface area (Å²) in [5, 5.41) is 0. The number of primary amides is 1. The van der Waals surface area contributed by atoms with E-state index in [1.807, 2.05) is 0 Å². The van der Waals surface area contributed by atoms with Crippen LogP contribution in [-0.2, 0) is 4.79 Å². The van der Waals surface area contributed by atoms with Crippen LogP contribution in [0.1, 0.15) is 10.4 Å². The van der Waals surface area contributed by atoms with Gasteiger partial charge in [0.15, 0.2) is 0 Å². The van der Waals surface area contributed by atoms with Gasteiger partial charge in [0, 0.05) is 19.8 Å². The number of isocyanates is 1. The second-order valence-electron chi connectivity index (χ2n) is 3.16. The summed E-state index contributed by atoms with van der Waals surface area (Å²) in [5.41, 5.74) is 6.59. The van der Waals surface area contributed by atoms with Gasteiger partial charge in [0.1, 0.15) is 0 Å². The Morgan fingerprint density at radius 1 is 1.47 bits per heavy atom. The van der Waals surface area contributed by atoms with E-state index in [1.54, 1.807) is 31.1 Å². The van der Waals surface area contributed by atoms with Crippen LogP contribution in [0.4, 0.5) is 11.4 Å². The molecule has 1 amide bonds. The predicted molar refractivity (Wildman–Crippen MR) is 57.1 cm³/mol. The Labute approximate surface area is 87.2 Å². The first-order valence-electron chi connectivity index (χ1n) is 4.25. The van der Waals surface area contributed by atoms with Crippen molar-refractivity contribution < 1.29 is 9.59 Å². The quantitative estimate of drug-likeness (QED) is 0.586. The third-order valence-corrected chi connectivity index (χ3v) is 1.90. The van der Waals surface area contributed by atoms with Crippen molar-refractivity contribution in [3.63, 3.8) is 0 Å². The molecule has 0 atom stereocenters. The molecule has 1 rings (SSSR count). The molecule has 0 aliphatic rings. The third kappa shape index (κ3) is 2.42. The zero-order valence-corrected chi connectivity index (χ0v) is 8.52. The standard InChI is InChI=1S/C10H11N3O2/c1-13(2)9-4-3-7(12-6-14)5-8(9)10(11)15/h3-5H,1-2H3,(H2,11,15). The van der Waals surface area contributed by atoms with Crippen LogP contribution in [0.15, 0.2) is 23.2 Å². The Morgan fingerprint density at radius 3 is 2.60 bits per heavy atom. The van der Waals surface area contributed by atoms with Gasteiger partial charge in [-0.2, -0.15) is 4.99 Å². The van der Waals surface area contributed by atoms with Gasteiger partial charge in [-0.25, -0.2) is 4.79 Å². The van der Waals surface area contributed by atoms with Crippen molar-refractivity contribution in [1.29, 1.82) is 0 Å². The molecule has 78 valence electrons. The minimum Gasteiger partial charge on any atom is -0.377 e. The van der Waals surface area contributed by atoms with Crippen LogP contribution in [0, 0.1) is 0 Å². The molecule has 1 aromatic carbocycles. The number of carbonyl (C=O) groups is 1. The number of benzene rings is 1. The van der Waals surface area contributed by atoms with E-state index in [0.717, 1.165) is 0 Å². The molecule has 2 N–H and O–H groups in total. The van der Waals surface area contributed by atoms with Gasteiger partial charge in [-0.15, -0.1) is 0 Å². The van der Waals surface area contributed by atoms with Crippen molar-refractivity contribution >= 4 is 23.4 Å².